The van der Waals surface area contributed by atoms with Gasteiger partial charge in [-0.25, -0.2) is 4.79 Å². The van der Waals surface area contributed by atoms with Crippen LogP contribution in [0.4, 0.5) is 4.79 Å². The molecule has 21 heavy (non-hydrogen) atoms. The second-order valence-corrected chi connectivity index (χ2v) is 6.32. The summed E-state index contributed by atoms with van der Waals surface area (Å²) in [6.45, 7) is 0.253. The Hall–Kier alpha value is -1.55. The van der Waals surface area contributed by atoms with Gasteiger partial charge in [0.2, 0.25) is 0 Å². The Bertz CT molecular complexity index is 581. The van der Waals surface area contributed by atoms with Crippen LogP contribution in [0.2, 0.25) is 5.02 Å². The van der Waals surface area contributed by atoms with Gasteiger partial charge in [0, 0.05) is 12.1 Å². The van der Waals surface area contributed by atoms with Gasteiger partial charge in [0.25, 0.3) is 5.91 Å². The van der Waals surface area contributed by atoms with Crippen LogP contribution in [0.15, 0.2) is 24.3 Å². The fraction of sp³-hybridized carbons (Fsp3) is 0.500. The van der Waals surface area contributed by atoms with Gasteiger partial charge in [-0.2, -0.15) is 0 Å². The number of urea groups is 1. The summed E-state index contributed by atoms with van der Waals surface area (Å²) < 4.78 is 0. The number of rotatable bonds is 2. The van der Waals surface area contributed by atoms with Crippen molar-refractivity contribution < 1.29 is 9.59 Å². The highest BCUT2D eigenvalue weighted by atomic mass is 35.5. The molecule has 4 nitrogen and oxygen atoms in total. The van der Waals surface area contributed by atoms with E-state index >= 15 is 0 Å². The smallest absolute Gasteiger partial charge is 0.313 e. The van der Waals surface area contributed by atoms with Crippen molar-refractivity contribution in [2.24, 2.45) is 0 Å². The fourth-order valence-corrected chi connectivity index (χ4v) is 3.66. The summed E-state index contributed by atoms with van der Waals surface area (Å²) in [6.07, 6.45) is 4.69. The molecule has 5 heteroatoms. The summed E-state index contributed by atoms with van der Waals surface area (Å²) in [5, 5.41) is 0.588. The van der Waals surface area contributed by atoms with Crippen LogP contribution in [-0.4, -0.2) is 34.3 Å². The molecule has 3 rings (SSSR count). The van der Waals surface area contributed by atoms with Crippen LogP contribution in [0.3, 0.4) is 0 Å². The van der Waals surface area contributed by atoms with E-state index in [0.29, 0.717) is 5.02 Å². The normalized spacial score (nSPS) is 21.4. The van der Waals surface area contributed by atoms with Gasteiger partial charge in [-0.3, -0.25) is 9.69 Å². The minimum absolute atomic E-state index is 0.0605. The van der Waals surface area contributed by atoms with E-state index in [0.717, 1.165) is 37.7 Å². The van der Waals surface area contributed by atoms with Crippen molar-refractivity contribution in [3.63, 3.8) is 0 Å². The first kappa shape index (κ1) is 14.4. The largest absolute Gasteiger partial charge is 0.327 e. The molecule has 1 aromatic carbocycles. The van der Waals surface area contributed by atoms with E-state index in [-0.39, 0.29) is 18.5 Å². The molecule has 1 aromatic rings. The molecule has 1 aliphatic heterocycles. The minimum atomic E-state index is -0.614. The zero-order chi connectivity index (χ0) is 15.0. The number of imide groups is 1. The van der Waals surface area contributed by atoms with Crippen molar-refractivity contribution in [2.45, 2.75) is 44.2 Å². The molecular weight excluding hydrogens is 288 g/mol. The monoisotopic (exact) mass is 306 g/mol. The van der Waals surface area contributed by atoms with Gasteiger partial charge in [-0.1, -0.05) is 49.1 Å². The lowest BCUT2D eigenvalue weighted by molar-refractivity contribution is -0.134. The first-order chi connectivity index (χ1) is 10.1. The van der Waals surface area contributed by atoms with Crippen LogP contribution in [0.5, 0.6) is 0 Å². The number of carbonyl (C=O) groups is 2. The van der Waals surface area contributed by atoms with Gasteiger partial charge in [0.15, 0.2) is 0 Å². The maximum Gasteiger partial charge on any atom is 0.327 e. The number of benzene rings is 1. The molecule has 1 saturated carbocycles. The van der Waals surface area contributed by atoms with E-state index < -0.39 is 5.54 Å². The SMILES string of the molecule is CN1C(=O)N(Cc2ccccc2Cl)C(=O)C12CCCCC2. The van der Waals surface area contributed by atoms with Gasteiger partial charge in [0.1, 0.15) is 5.54 Å². The summed E-state index contributed by atoms with van der Waals surface area (Å²) in [7, 11) is 1.75. The van der Waals surface area contributed by atoms with Crippen LogP contribution in [0.1, 0.15) is 37.7 Å². The highest BCUT2D eigenvalue weighted by molar-refractivity contribution is 6.31. The quantitative estimate of drug-likeness (QED) is 0.785. The Morgan fingerprint density at radius 2 is 1.81 bits per heavy atom. The van der Waals surface area contributed by atoms with E-state index in [1.54, 1.807) is 18.0 Å². The molecule has 0 atom stereocenters. The van der Waals surface area contributed by atoms with Crippen molar-refractivity contribution in [1.82, 2.24) is 9.80 Å². The third kappa shape index (κ3) is 2.22. The Kier molecular flexibility index (Phi) is 3.66. The molecule has 1 saturated heterocycles. The van der Waals surface area contributed by atoms with E-state index in [9.17, 15) is 9.59 Å². The van der Waals surface area contributed by atoms with Gasteiger partial charge in [-0.15, -0.1) is 0 Å². The zero-order valence-electron chi connectivity index (χ0n) is 12.1. The molecule has 3 amide bonds. The molecule has 0 aromatic heterocycles. The molecule has 2 fully saturated rings. The minimum Gasteiger partial charge on any atom is -0.313 e. The molecule has 1 aliphatic carbocycles. The number of amides is 3. The van der Waals surface area contributed by atoms with Crippen molar-refractivity contribution in [3.8, 4) is 0 Å². The third-order valence-electron chi connectivity index (χ3n) is 4.77. The molecule has 1 heterocycles. The van der Waals surface area contributed by atoms with Crippen LogP contribution < -0.4 is 0 Å². The molecule has 1 spiro atoms. The maximum atomic E-state index is 12.8. The summed E-state index contributed by atoms with van der Waals surface area (Å²) in [5.74, 6) is -0.0605. The van der Waals surface area contributed by atoms with Crippen molar-refractivity contribution in [1.29, 1.82) is 0 Å². The van der Waals surface area contributed by atoms with E-state index in [4.69, 9.17) is 11.6 Å². The van der Waals surface area contributed by atoms with Crippen molar-refractivity contribution >= 4 is 23.5 Å². The zero-order valence-corrected chi connectivity index (χ0v) is 12.9. The Morgan fingerprint density at radius 1 is 1.14 bits per heavy atom. The van der Waals surface area contributed by atoms with Crippen molar-refractivity contribution in [2.75, 3.05) is 7.05 Å². The number of hydrogen-bond acceptors (Lipinski definition) is 2. The predicted octanol–water partition coefficient (Wildman–Crippen LogP) is 3.44. The Balaban J connectivity index is 1.88. The second kappa shape index (κ2) is 5.34. The average Bonchev–Trinajstić information content (AvgIpc) is 2.67. The maximum absolute atomic E-state index is 12.8. The number of nitrogens with zero attached hydrogens (tertiary/aromatic N) is 2. The number of hydrogen-bond donors (Lipinski definition) is 0. The number of likely N-dealkylation sites (N-methyl/N-ethyl adjacent to an activating group) is 1. The Morgan fingerprint density at radius 3 is 2.48 bits per heavy atom. The number of halogens is 1. The van der Waals surface area contributed by atoms with Gasteiger partial charge in [-0.05, 0) is 24.5 Å². The van der Waals surface area contributed by atoms with Crippen LogP contribution in [0.25, 0.3) is 0 Å². The standard InChI is InChI=1S/C16H19ClN2O2/c1-18-15(21)19(11-12-7-3-4-8-13(12)17)14(20)16(18)9-5-2-6-10-16/h3-4,7-8H,2,5-6,9-11H2,1H3. The molecule has 112 valence electrons. The lowest BCUT2D eigenvalue weighted by Gasteiger charge is -2.35. The first-order valence-corrected chi connectivity index (χ1v) is 7.77. The molecule has 0 N–H and O–H groups in total. The van der Waals surface area contributed by atoms with Gasteiger partial charge in [0.05, 0.1) is 6.54 Å². The van der Waals surface area contributed by atoms with E-state index in [2.05, 4.69) is 0 Å². The van der Waals surface area contributed by atoms with Crippen LogP contribution in [0, 0.1) is 0 Å². The molecule has 0 radical (unpaired) electrons. The van der Waals surface area contributed by atoms with Gasteiger partial charge < -0.3 is 4.90 Å². The fourth-order valence-electron chi connectivity index (χ4n) is 3.47. The highest BCUT2D eigenvalue weighted by Crippen LogP contribution is 2.40. The van der Waals surface area contributed by atoms with Gasteiger partial charge >= 0.3 is 6.03 Å². The highest BCUT2D eigenvalue weighted by Gasteiger charge is 2.55. The van der Waals surface area contributed by atoms with Crippen molar-refractivity contribution in [3.05, 3.63) is 34.9 Å². The Labute approximate surface area is 129 Å². The number of carbonyl (C=O) groups excluding carboxylic acids is 2. The van der Waals surface area contributed by atoms with E-state index in [1.165, 1.54) is 4.90 Å². The van der Waals surface area contributed by atoms with E-state index in [1.807, 2.05) is 18.2 Å². The molecule has 0 unspecified atom stereocenters. The third-order valence-corrected chi connectivity index (χ3v) is 5.14. The molecule has 2 aliphatic rings. The summed E-state index contributed by atoms with van der Waals surface area (Å²) in [6, 6.07) is 7.14. The predicted molar refractivity (Wildman–Crippen MR) is 81.0 cm³/mol. The average molecular weight is 307 g/mol. The van der Waals surface area contributed by atoms with Crippen LogP contribution in [-0.2, 0) is 11.3 Å². The summed E-state index contributed by atoms with van der Waals surface area (Å²) >= 11 is 6.15. The molecular formula is C16H19ClN2O2. The van der Waals surface area contributed by atoms with Crippen LogP contribution >= 0.6 is 11.6 Å². The topological polar surface area (TPSA) is 40.6 Å². The summed E-state index contributed by atoms with van der Waals surface area (Å²) in [5.41, 5.74) is 0.193. The second-order valence-electron chi connectivity index (χ2n) is 5.92. The summed E-state index contributed by atoms with van der Waals surface area (Å²) in [4.78, 5) is 28.3. The lowest BCUT2D eigenvalue weighted by atomic mass is 9.81. The molecule has 0 bridgehead atoms. The lowest BCUT2D eigenvalue weighted by Crippen LogP contribution is -2.49. The first-order valence-electron chi connectivity index (χ1n) is 7.39.